The van der Waals surface area contributed by atoms with E-state index in [9.17, 15) is 24.6 Å². The molecular formula is C21H25N4NaO5S2. The number of rotatable bonds is 7. The van der Waals surface area contributed by atoms with Gasteiger partial charge in [-0.2, -0.15) is 0 Å². The second kappa shape index (κ2) is 9.50. The van der Waals surface area contributed by atoms with E-state index in [0.29, 0.717) is 23.7 Å². The summed E-state index contributed by atoms with van der Waals surface area (Å²) in [6, 6.07) is -0.0619. The maximum Gasteiger partial charge on any atom is 1.00 e. The minimum Gasteiger partial charge on any atom is -0.543 e. The van der Waals surface area contributed by atoms with Gasteiger partial charge in [0.1, 0.15) is 5.69 Å². The number of aliphatic hydroxyl groups is 1. The molecule has 12 heteroatoms. The molecule has 0 spiro atoms. The molecule has 3 aliphatic heterocycles. The van der Waals surface area contributed by atoms with E-state index in [-0.39, 0.29) is 70.3 Å². The van der Waals surface area contributed by atoms with Crippen molar-refractivity contribution < 1.29 is 54.2 Å². The number of carboxylic acids is 1. The van der Waals surface area contributed by atoms with Gasteiger partial charge in [-0.15, -0.1) is 23.1 Å². The van der Waals surface area contributed by atoms with Crippen molar-refractivity contribution in [2.24, 2.45) is 11.8 Å². The van der Waals surface area contributed by atoms with Gasteiger partial charge in [0.2, 0.25) is 5.91 Å². The Hall–Kier alpha value is -1.11. The van der Waals surface area contributed by atoms with Crippen LogP contribution >= 0.6 is 23.1 Å². The molecule has 1 aliphatic carbocycles. The molecule has 1 aromatic heterocycles. The first kappa shape index (κ1) is 25.0. The monoisotopic (exact) mass is 500 g/mol. The first-order valence-corrected chi connectivity index (χ1v) is 12.7. The quantitative estimate of drug-likeness (QED) is 0.303. The Balaban J connectivity index is 0.00000259. The van der Waals surface area contributed by atoms with Gasteiger partial charge in [-0.25, -0.2) is 4.98 Å². The number of aliphatic carboxylic acids is 1. The maximum absolute atomic E-state index is 12.4. The molecule has 3 fully saturated rings. The number of nitrogens with zero attached hydrogens (tertiary/aromatic N) is 3. The van der Waals surface area contributed by atoms with Crippen LogP contribution in [-0.4, -0.2) is 69.3 Å². The number of β-lactam (4-membered cyclic amide) rings is 1. The zero-order valence-corrected chi connectivity index (χ0v) is 22.4. The molecule has 4 aliphatic rings. The van der Waals surface area contributed by atoms with Crippen molar-refractivity contribution in [1.82, 2.24) is 15.2 Å². The fraction of sp³-hybridized carbons (Fsp3) is 0.619. The van der Waals surface area contributed by atoms with Gasteiger partial charge in [-0.3, -0.25) is 9.59 Å². The van der Waals surface area contributed by atoms with Crippen LogP contribution in [0.2, 0.25) is 0 Å². The number of thioether (sulfide) groups is 1. The average molecular weight is 501 g/mol. The van der Waals surface area contributed by atoms with E-state index < -0.39 is 18.0 Å². The topological polar surface area (TPSA) is 126 Å². The summed E-state index contributed by atoms with van der Waals surface area (Å²) in [6.07, 6.45) is 2.38. The first-order valence-electron chi connectivity index (χ1n) is 10.9. The molecule has 1 aromatic rings. The number of aliphatic hydroxyl groups excluding tert-OH is 1. The van der Waals surface area contributed by atoms with E-state index in [2.05, 4.69) is 15.2 Å². The number of amides is 2. The molecule has 2 saturated heterocycles. The first-order chi connectivity index (χ1) is 15.3. The molecular weight excluding hydrogens is 475 g/mol. The summed E-state index contributed by atoms with van der Waals surface area (Å²) in [4.78, 5) is 45.0. The number of thiazole rings is 1. The van der Waals surface area contributed by atoms with Crippen LogP contribution in [0.25, 0.3) is 0 Å². The van der Waals surface area contributed by atoms with E-state index in [1.54, 1.807) is 12.3 Å². The average Bonchev–Trinajstić information content (AvgIpc) is 3.23. The van der Waals surface area contributed by atoms with Crippen molar-refractivity contribution in [2.75, 3.05) is 18.0 Å². The van der Waals surface area contributed by atoms with Gasteiger partial charge in [0.05, 0.1) is 29.7 Å². The molecule has 0 bridgehead atoms. The predicted molar refractivity (Wildman–Crippen MR) is 118 cm³/mol. The van der Waals surface area contributed by atoms with E-state index >= 15 is 0 Å². The number of hydrogen-bond donors (Lipinski definition) is 2. The summed E-state index contributed by atoms with van der Waals surface area (Å²) in [5.74, 6) is -2.57. The van der Waals surface area contributed by atoms with Gasteiger partial charge < -0.3 is 30.1 Å². The number of anilines is 1. The molecule has 4 heterocycles. The Kier molecular flexibility index (Phi) is 7.20. The number of carboxylic acid groups (broad SMARTS) is 1. The number of aromatic nitrogens is 1. The minimum absolute atomic E-state index is 0. The van der Waals surface area contributed by atoms with Crippen molar-refractivity contribution in [3.8, 4) is 0 Å². The SMILES string of the molecule is C[C@@H](O)C1C(=O)N2C(C(=O)[O-])=C(SC3CN(c4nc(C(=O)NC5CCC5)cs4)C3)[C@H](C)C12.[Na+]. The van der Waals surface area contributed by atoms with Crippen molar-refractivity contribution in [1.29, 1.82) is 0 Å². The molecule has 9 nitrogen and oxygen atoms in total. The van der Waals surface area contributed by atoms with Crippen molar-refractivity contribution in [3.63, 3.8) is 0 Å². The fourth-order valence-electron chi connectivity index (χ4n) is 4.84. The van der Waals surface area contributed by atoms with E-state index in [1.165, 1.54) is 28.0 Å². The Bertz CT molecular complexity index is 1000. The van der Waals surface area contributed by atoms with Crippen LogP contribution in [-0.2, 0) is 9.59 Å². The summed E-state index contributed by atoms with van der Waals surface area (Å²) in [7, 11) is 0. The van der Waals surface area contributed by atoms with Crippen molar-refractivity contribution in [2.45, 2.75) is 56.5 Å². The number of nitrogens with one attached hydrogen (secondary N) is 1. The molecule has 2 unspecified atom stereocenters. The number of fused-ring (bicyclic) bond motifs is 1. The molecule has 0 aromatic carbocycles. The molecule has 4 atom stereocenters. The van der Waals surface area contributed by atoms with E-state index in [4.69, 9.17) is 0 Å². The summed E-state index contributed by atoms with van der Waals surface area (Å²) < 4.78 is 0. The van der Waals surface area contributed by atoms with Crippen molar-refractivity contribution >= 4 is 46.0 Å². The summed E-state index contributed by atoms with van der Waals surface area (Å²) in [6.45, 7) is 4.82. The molecule has 1 saturated carbocycles. The second-order valence-electron chi connectivity index (χ2n) is 9.02. The molecule has 0 radical (unpaired) electrons. The minimum atomic E-state index is -1.35. The Morgan fingerprint density at radius 1 is 1.36 bits per heavy atom. The van der Waals surface area contributed by atoms with Crippen LogP contribution < -0.4 is 44.9 Å². The number of carbonyl (C=O) groups is 3. The maximum atomic E-state index is 12.4. The molecule has 172 valence electrons. The van der Waals surface area contributed by atoms with E-state index in [0.717, 1.165) is 24.4 Å². The van der Waals surface area contributed by atoms with E-state index in [1.807, 2.05) is 6.92 Å². The molecule has 2 amide bonds. The van der Waals surface area contributed by atoms with Gasteiger partial charge in [0.15, 0.2) is 5.13 Å². The fourth-order valence-corrected chi connectivity index (χ4v) is 7.18. The van der Waals surface area contributed by atoms with Gasteiger partial charge in [-0.05, 0) is 26.2 Å². The molecule has 33 heavy (non-hydrogen) atoms. The van der Waals surface area contributed by atoms with Crippen LogP contribution in [0.5, 0.6) is 0 Å². The molecule has 2 N–H and O–H groups in total. The van der Waals surface area contributed by atoms with Gasteiger partial charge in [-0.1, -0.05) is 6.92 Å². The van der Waals surface area contributed by atoms with Gasteiger partial charge in [0.25, 0.3) is 5.91 Å². The third-order valence-corrected chi connectivity index (χ3v) is 9.23. The third kappa shape index (κ3) is 4.25. The number of carbonyl (C=O) groups excluding carboxylic acids is 3. The van der Waals surface area contributed by atoms with Crippen LogP contribution in [0.15, 0.2) is 16.0 Å². The summed E-state index contributed by atoms with van der Waals surface area (Å²) in [5, 5.41) is 27.5. The standard InChI is InChI=1S/C21H26N4O5S2.Na/c1-9-15-14(10(2)26)19(28)25(15)16(20(29)30)17(9)32-12-6-24(7-12)21-23-13(8-31-21)18(27)22-11-4-3-5-11;/h8-12,14-15,26H,3-7H2,1-2H3,(H,22,27)(H,29,30);/q;+1/p-1/t9-,10-,14?,15?;/m1./s1. The summed E-state index contributed by atoms with van der Waals surface area (Å²) in [5.41, 5.74) is 0.392. The Morgan fingerprint density at radius 3 is 2.64 bits per heavy atom. The smallest absolute Gasteiger partial charge is 0.543 e. The second-order valence-corrected chi connectivity index (χ2v) is 11.2. The van der Waals surface area contributed by atoms with Gasteiger partial charge >= 0.3 is 29.6 Å². The van der Waals surface area contributed by atoms with Crippen LogP contribution in [0.3, 0.4) is 0 Å². The van der Waals surface area contributed by atoms with Crippen molar-refractivity contribution in [3.05, 3.63) is 21.7 Å². The third-order valence-electron chi connectivity index (χ3n) is 6.88. The largest absolute Gasteiger partial charge is 1.00 e. The Morgan fingerprint density at radius 2 is 2.06 bits per heavy atom. The normalized spacial score (nSPS) is 27.8. The number of hydrogen-bond acceptors (Lipinski definition) is 9. The van der Waals surface area contributed by atoms with Crippen LogP contribution in [0.4, 0.5) is 5.13 Å². The van der Waals surface area contributed by atoms with Crippen LogP contribution in [0, 0.1) is 11.8 Å². The summed E-state index contributed by atoms with van der Waals surface area (Å²) >= 11 is 2.90. The molecule has 5 rings (SSSR count). The zero-order valence-electron chi connectivity index (χ0n) is 18.8. The predicted octanol–water partition coefficient (Wildman–Crippen LogP) is -2.83. The van der Waals surface area contributed by atoms with Gasteiger partial charge in [0, 0.05) is 40.6 Å². The van der Waals surface area contributed by atoms with Crippen LogP contribution in [0.1, 0.15) is 43.6 Å². The Labute approximate surface area is 222 Å². The zero-order chi connectivity index (χ0) is 22.7.